The molecule has 4 rings (SSSR count). The predicted octanol–water partition coefficient (Wildman–Crippen LogP) is 5.26. The first kappa shape index (κ1) is 20.4. The van der Waals surface area contributed by atoms with Crippen LogP contribution in [0.15, 0.2) is 91.1 Å². The van der Waals surface area contributed by atoms with Crippen LogP contribution in [0.1, 0.15) is 29.8 Å². The molecule has 0 aliphatic rings. The van der Waals surface area contributed by atoms with Gasteiger partial charge < -0.3 is 10.1 Å². The number of carbonyl (C=O) groups excluding carboxylic acids is 1. The maximum atomic E-state index is 12.7. The summed E-state index contributed by atoms with van der Waals surface area (Å²) in [5, 5.41) is 7.81. The summed E-state index contributed by atoms with van der Waals surface area (Å²) in [6, 6.07) is 27.1. The highest BCUT2D eigenvalue weighted by atomic mass is 16.5. The molecule has 1 aromatic heterocycles. The number of ether oxygens (including phenoxy) is 1. The van der Waals surface area contributed by atoms with Gasteiger partial charge in [0.15, 0.2) is 0 Å². The Labute approximate surface area is 182 Å². The Bertz CT molecular complexity index is 1130. The van der Waals surface area contributed by atoms with E-state index in [2.05, 4.69) is 5.32 Å². The second-order valence-electron chi connectivity index (χ2n) is 7.52. The lowest BCUT2D eigenvalue weighted by Gasteiger charge is -2.10. The molecule has 0 saturated heterocycles. The normalized spacial score (nSPS) is 10.8. The number of nitrogens with one attached hydrogen (secondary N) is 1. The fourth-order valence-corrected chi connectivity index (χ4v) is 3.33. The number of aromatic nitrogens is 2. The molecule has 1 N–H and O–H groups in total. The van der Waals surface area contributed by atoms with Crippen molar-refractivity contribution in [2.45, 2.75) is 26.5 Å². The third-order valence-electron chi connectivity index (χ3n) is 4.79. The standard InChI is InChI=1S/C26H25N3O2/c1-19(2)31-24-15-13-21(14-16-24)26(30)27-17-22-18-29(23-11-7-4-8-12-23)28-25(22)20-9-5-3-6-10-20/h3-16,18-19H,17H2,1-2H3,(H,27,30). The topological polar surface area (TPSA) is 56.1 Å². The van der Waals surface area contributed by atoms with E-state index in [9.17, 15) is 4.79 Å². The van der Waals surface area contributed by atoms with E-state index in [0.717, 1.165) is 28.3 Å². The lowest BCUT2D eigenvalue weighted by atomic mass is 10.1. The van der Waals surface area contributed by atoms with Crippen LogP contribution < -0.4 is 10.1 Å². The molecule has 0 atom stereocenters. The van der Waals surface area contributed by atoms with Gasteiger partial charge in [-0.15, -0.1) is 0 Å². The van der Waals surface area contributed by atoms with E-state index in [1.807, 2.05) is 97.5 Å². The molecule has 3 aromatic carbocycles. The molecule has 5 nitrogen and oxygen atoms in total. The second-order valence-corrected chi connectivity index (χ2v) is 7.52. The number of rotatable bonds is 7. The van der Waals surface area contributed by atoms with E-state index >= 15 is 0 Å². The zero-order valence-electron chi connectivity index (χ0n) is 17.7. The van der Waals surface area contributed by atoms with Crippen LogP contribution in [0.25, 0.3) is 16.9 Å². The molecule has 0 saturated carbocycles. The van der Waals surface area contributed by atoms with Gasteiger partial charge in [0.05, 0.1) is 17.5 Å². The summed E-state index contributed by atoms with van der Waals surface area (Å²) in [6.45, 7) is 4.32. The average Bonchev–Trinajstić information content (AvgIpc) is 3.23. The number of hydrogen-bond donors (Lipinski definition) is 1. The summed E-state index contributed by atoms with van der Waals surface area (Å²) < 4.78 is 7.49. The minimum atomic E-state index is -0.137. The summed E-state index contributed by atoms with van der Waals surface area (Å²) in [6.07, 6.45) is 2.06. The first-order valence-electron chi connectivity index (χ1n) is 10.3. The summed E-state index contributed by atoms with van der Waals surface area (Å²) in [4.78, 5) is 12.7. The van der Waals surface area contributed by atoms with Crippen molar-refractivity contribution < 1.29 is 9.53 Å². The van der Waals surface area contributed by atoms with Crippen molar-refractivity contribution in [1.82, 2.24) is 15.1 Å². The molecule has 156 valence electrons. The van der Waals surface area contributed by atoms with E-state index in [-0.39, 0.29) is 12.0 Å². The summed E-state index contributed by atoms with van der Waals surface area (Å²) in [5.74, 6) is 0.615. The molecule has 0 bridgehead atoms. The molecule has 4 aromatic rings. The molecule has 0 radical (unpaired) electrons. The Morgan fingerprint density at radius 3 is 2.23 bits per heavy atom. The quantitative estimate of drug-likeness (QED) is 0.451. The van der Waals surface area contributed by atoms with Crippen molar-refractivity contribution >= 4 is 5.91 Å². The van der Waals surface area contributed by atoms with Crippen molar-refractivity contribution in [3.63, 3.8) is 0 Å². The SMILES string of the molecule is CC(C)Oc1ccc(C(=O)NCc2cn(-c3ccccc3)nc2-c2ccccc2)cc1. The molecule has 0 aliphatic heterocycles. The summed E-state index contributed by atoms with van der Waals surface area (Å²) >= 11 is 0. The third-order valence-corrected chi connectivity index (χ3v) is 4.79. The number of nitrogens with zero attached hydrogens (tertiary/aromatic N) is 2. The number of amides is 1. The maximum Gasteiger partial charge on any atom is 0.251 e. The molecule has 31 heavy (non-hydrogen) atoms. The van der Waals surface area contributed by atoms with E-state index in [4.69, 9.17) is 9.84 Å². The van der Waals surface area contributed by atoms with Gasteiger partial charge in [-0.2, -0.15) is 5.10 Å². The highest BCUT2D eigenvalue weighted by Crippen LogP contribution is 2.24. The lowest BCUT2D eigenvalue weighted by Crippen LogP contribution is -2.22. The van der Waals surface area contributed by atoms with Crippen LogP contribution in [0.2, 0.25) is 0 Å². The lowest BCUT2D eigenvalue weighted by molar-refractivity contribution is 0.0951. The number of hydrogen-bond acceptors (Lipinski definition) is 3. The fraction of sp³-hybridized carbons (Fsp3) is 0.154. The Morgan fingerprint density at radius 1 is 0.935 bits per heavy atom. The van der Waals surface area contributed by atoms with Gasteiger partial charge in [0.2, 0.25) is 0 Å². The molecular weight excluding hydrogens is 386 g/mol. The van der Waals surface area contributed by atoms with Crippen molar-refractivity contribution in [2.24, 2.45) is 0 Å². The van der Waals surface area contributed by atoms with Crippen LogP contribution in [0.3, 0.4) is 0 Å². The molecule has 0 spiro atoms. The van der Waals surface area contributed by atoms with E-state index in [1.165, 1.54) is 0 Å². The van der Waals surface area contributed by atoms with Gasteiger partial charge in [-0.25, -0.2) is 4.68 Å². The van der Waals surface area contributed by atoms with E-state index in [0.29, 0.717) is 12.1 Å². The number of benzene rings is 3. The Balaban J connectivity index is 1.54. The predicted molar refractivity (Wildman–Crippen MR) is 122 cm³/mol. The van der Waals surface area contributed by atoms with Crippen molar-refractivity contribution in [2.75, 3.05) is 0 Å². The molecule has 0 aliphatic carbocycles. The highest BCUT2D eigenvalue weighted by molar-refractivity contribution is 5.94. The molecular formula is C26H25N3O2. The van der Waals surface area contributed by atoms with Gasteiger partial charge >= 0.3 is 0 Å². The van der Waals surface area contributed by atoms with Crippen molar-refractivity contribution in [3.05, 3.63) is 102 Å². The minimum Gasteiger partial charge on any atom is -0.491 e. The maximum absolute atomic E-state index is 12.7. The fourth-order valence-electron chi connectivity index (χ4n) is 3.33. The average molecular weight is 412 g/mol. The Kier molecular flexibility index (Phi) is 6.13. The van der Waals surface area contributed by atoms with Gasteiger partial charge in [-0.1, -0.05) is 48.5 Å². The molecule has 1 amide bonds. The highest BCUT2D eigenvalue weighted by Gasteiger charge is 2.14. The van der Waals surface area contributed by atoms with Crippen LogP contribution in [0.5, 0.6) is 5.75 Å². The Hall–Kier alpha value is -3.86. The monoisotopic (exact) mass is 411 g/mol. The van der Waals surface area contributed by atoms with Gasteiger partial charge in [0.1, 0.15) is 5.75 Å². The smallest absolute Gasteiger partial charge is 0.251 e. The van der Waals surface area contributed by atoms with Crippen LogP contribution in [-0.4, -0.2) is 21.8 Å². The molecule has 0 unspecified atom stereocenters. The molecule has 5 heteroatoms. The van der Waals surface area contributed by atoms with Gasteiger partial charge in [0, 0.05) is 29.4 Å². The van der Waals surface area contributed by atoms with Crippen LogP contribution >= 0.6 is 0 Å². The second kappa shape index (κ2) is 9.30. The largest absolute Gasteiger partial charge is 0.491 e. The van der Waals surface area contributed by atoms with Crippen molar-refractivity contribution in [3.8, 4) is 22.7 Å². The van der Waals surface area contributed by atoms with Crippen LogP contribution in [-0.2, 0) is 6.54 Å². The Morgan fingerprint density at radius 2 is 1.58 bits per heavy atom. The zero-order valence-corrected chi connectivity index (χ0v) is 17.7. The first-order chi connectivity index (χ1) is 15.1. The van der Waals surface area contributed by atoms with Crippen molar-refractivity contribution in [1.29, 1.82) is 0 Å². The molecule has 0 fully saturated rings. The van der Waals surface area contributed by atoms with Gasteiger partial charge in [0.25, 0.3) is 5.91 Å². The number of para-hydroxylation sites is 1. The summed E-state index contributed by atoms with van der Waals surface area (Å²) in [7, 11) is 0. The van der Waals surface area contributed by atoms with E-state index in [1.54, 1.807) is 12.1 Å². The molecule has 1 heterocycles. The minimum absolute atomic E-state index is 0.0947. The first-order valence-corrected chi connectivity index (χ1v) is 10.3. The summed E-state index contributed by atoms with van der Waals surface area (Å²) in [5.41, 5.74) is 4.37. The number of carbonyl (C=O) groups is 1. The van der Waals surface area contributed by atoms with E-state index < -0.39 is 0 Å². The third kappa shape index (κ3) is 5.01. The van der Waals surface area contributed by atoms with Gasteiger partial charge in [-0.05, 0) is 50.2 Å². The van der Waals surface area contributed by atoms with Crippen LogP contribution in [0, 0.1) is 0 Å². The zero-order chi connectivity index (χ0) is 21.6. The van der Waals surface area contributed by atoms with Crippen LogP contribution in [0.4, 0.5) is 0 Å². The van der Waals surface area contributed by atoms with Gasteiger partial charge in [-0.3, -0.25) is 4.79 Å².